The third-order valence-electron chi connectivity index (χ3n) is 5.25. The van der Waals surface area contributed by atoms with Crippen molar-refractivity contribution < 1.29 is 23.9 Å². The number of methoxy groups -OCH3 is 2. The van der Waals surface area contributed by atoms with Crippen LogP contribution in [0.25, 0.3) is 6.08 Å². The van der Waals surface area contributed by atoms with Crippen molar-refractivity contribution in [1.29, 1.82) is 0 Å². The molecule has 6 nitrogen and oxygen atoms in total. The molecule has 0 bridgehead atoms. The van der Waals surface area contributed by atoms with Gasteiger partial charge in [0.25, 0.3) is 5.91 Å². The zero-order valence-corrected chi connectivity index (χ0v) is 18.3. The summed E-state index contributed by atoms with van der Waals surface area (Å²) in [4.78, 5) is 39.0. The molecule has 2 aromatic rings. The number of amides is 1. The van der Waals surface area contributed by atoms with Gasteiger partial charge in [-0.2, -0.15) is 0 Å². The van der Waals surface area contributed by atoms with Crippen LogP contribution in [0.4, 0.5) is 5.69 Å². The number of ether oxygens (including phenoxy) is 2. The number of benzene rings is 2. The van der Waals surface area contributed by atoms with Gasteiger partial charge in [0.05, 0.1) is 30.9 Å². The third-order valence-corrected chi connectivity index (χ3v) is 5.25. The molecule has 160 valence electrons. The van der Waals surface area contributed by atoms with Crippen LogP contribution in [-0.4, -0.2) is 32.1 Å². The number of esters is 2. The topological polar surface area (TPSA) is 72.9 Å². The van der Waals surface area contributed by atoms with Crippen LogP contribution in [0.15, 0.2) is 65.4 Å². The van der Waals surface area contributed by atoms with Crippen LogP contribution in [0, 0.1) is 0 Å². The molecule has 0 radical (unpaired) electrons. The van der Waals surface area contributed by atoms with Crippen molar-refractivity contribution in [2.45, 2.75) is 26.7 Å². The fourth-order valence-electron chi connectivity index (χ4n) is 3.50. The van der Waals surface area contributed by atoms with Crippen LogP contribution in [-0.2, 0) is 19.1 Å². The Morgan fingerprint density at radius 3 is 2.00 bits per heavy atom. The van der Waals surface area contributed by atoms with Crippen LogP contribution in [0.5, 0.6) is 0 Å². The van der Waals surface area contributed by atoms with Crippen molar-refractivity contribution in [2.75, 3.05) is 19.1 Å². The fourth-order valence-corrected chi connectivity index (χ4v) is 3.50. The van der Waals surface area contributed by atoms with Crippen LogP contribution < -0.4 is 4.90 Å². The Morgan fingerprint density at radius 2 is 1.48 bits per heavy atom. The summed E-state index contributed by atoms with van der Waals surface area (Å²) in [5.41, 5.74) is 3.85. The summed E-state index contributed by atoms with van der Waals surface area (Å²) in [7, 11) is 2.59. The summed E-state index contributed by atoms with van der Waals surface area (Å²) < 4.78 is 9.66. The van der Waals surface area contributed by atoms with Gasteiger partial charge < -0.3 is 9.47 Å². The van der Waals surface area contributed by atoms with Gasteiger partial charge in [0.15, 0.2) is 0 Å². The fraction of sp³-hybridized carbons (Fsp3) is 0.240. The zero-order chi connectivity index (χ0) is 22.7. The lowest BCUT2D eigenvalue weighted by atomic mass is 9.99. The first-order chi connectivity index (χ1) is 14.8. The maximum Gasteiger partial charge on any atom is 0.340 e. The second-order valence-electron chi connectivity index (χ2n) is 7.51. The van der Waals surface area contributed by atoms with Crippen LogP contribution in [0.1, 0.15) is 48.2 Å². The molecule has 6 heteroatoms. The molecule has 0 spiro atoms. The van der Waals surface area contributed by atoms with E-state index < -0.39 is 11.9 Å². The van der Waals surface area contributed by atoms with E-state index in [1.807, 2.05) is 24.3 Å². The standard InChI is InChI=1S/C25H25NO5/c1-15(2)18-8-6-17(7-9-18)14-21-22(25(29)31-5)16(3)26(23(21)27)20-12-10-19(11-13-20)24(28)30-4/h6-15H,1-5H3. The molecule has 3 rings (SSSR count). The van der Waals surface area contributed by atoms with E-state index in [4.69, 9.17) is 9.47 Å². The Balaban J connectivity index is 2.04. The van der Waals surface area contributed by atoms with E-state index in [0.29, 0.717) is 22.9 Å². The van der Waals surface area contributed by atoms with Crippen LogP contribution >= 0.6 is 0 Å². The van der Waals surface area contributed by atoms with Gasteiger partial charge in [0.1, 0.15) is 0 Å². The molecule has 31 heavy (non-hydrogen) atoms. The molecular weight excluding hydrogens is 394 g/mol. The van der Waals surface area contributed by atoms with Gasteiger partial charge in [-0.1, -0.05) is 38.1 Å². The Labute approximate surface area is 181 Å². The predicted octanol–water partition coefficient (Wildman–Crippen LogP) is 4.47. The monoisotopic (exact) mass is 419 g/mol. The van der Waals surface area contributed by atoms with Gasteiger partial charge >= 0.3 is 11.9 Å². The largest absolute Gasteiger partial charge is 0.465 e. The maximum absolute atomic E-state index is 13.3. The number of hydrogen-bond acceptors (Lipinski definition) is 5. The SMILES string of the molecule is COC(=O)C1=C(C)N(c2ccc(C(=O)OC)cc2)C(=O)C1=Cc1ccc(C(C)C)cc1. The van der Waals surface area contributed by atoms with Gasteiger partial charge in [-0.25, -0.2) is 9.59 Å². The van der Waals surface area contributed by atoms with Gasteiger partial charge in [-0.05, 0) is 54.3 Å². The minimum atomic E-state index is -0.579. The van der Waals surface area contributed by atoms with E-state index in [1.54, 1.807) is 37.3 Å². The first-order valence-electron chi connectivity index (χ1n) is 9.92. The van der Waals surface area contributed by atoms with Crippen molar-refractivity contribution in [3.05, 3.63) is 82.1 Å². The van der Waals surface area contributed by atoms with Crippen LogP contribution in [0.3, 0.4) is 0 Å². The lowest BCUT2D eigenvalue weighted by Crippen LogP contribution is -2.24. The summed E-state index contributed by atoms with van der Waals surface area (Å²) in [5, 5.41) is 0. The number of anilines is 1. The third kappa shape index (κ3) is 4.28. The van der Waals surface area contributed by atoms with Crippen molar-refractivity contribution >= 4 is 29.6 Å². The van der Waals surface area contributed by atoms with Crippen molar-refractivity contribution in [2.24, 2.45) is 0 Å². The van der Waals surface area contributed by atoms with Gasteiger partial charge in [-0.15, -0.1) is 0 Å². The second kappa shape index (κ2) is 9.00. The minimum absolute atomic E-state index is 0.220. The van der Waals surface area contributed by atoms with E-state index >= 15 is 0 Å². The van der Waals surface area contributed by atoms with E-state index in [2.05, 4.69) is 13.8 Å². The second-order valence-corrected chi connectivity index (χ2v) is 7.51. The molecule has 2 aromatic carbocycles. The molecule has 0 aliphatic carbocycles. The molecule has 1 aliphatic heterocycles. The Hall–Kier alpha value is -3.67. The predicted molar refractivity (Wildman–Crippen MR) is 118 cm³/mol. The average molecular weight is 419 g/mol. The highest BCUT2D eigenvalue weighted by molar-refractivity contribution is 6.23. The number of nitrogens with zero attached hydrogens (tertiary/aromatic N) is 1. The molecule has 1 aliphatic rings. The van der Waals surface area contributed by atoms with E-state index in [1.165, 1.54) is 24.7 Å². The van der Waals surface area contributed by atoms with Crippen molar-refractivity contribution in [3.63, 3.8) is 0 Å². The molecule has 0 N–H and O–H groups in total. The quantitative estimate of drug-likeness (QED) is 0.528. The number of carbonyl (C=O) groups excluding carboxylic acids is 3. The van der Waals surface area contributed by atoms with Crippen molar-refractivity contribution in [1.82, 2.24) is 0 Å². The molecule has 1 amide bonds. The highest BCUT2D eigenvalue weighted by Crippen LogP contribution is 2.35. The number of allylic oxidation sites excluding steroid dienone is 1. The lowest BCUT2D eigenvalue weighted by molar-refractivity contribution is -0.136. The first-order valence-corrected chi connectivity index (χ1v) is 9.92. The Kier molecular flexibility index (Phi) is 6.39. The van der Waals surface area contributed by atoms with E-state index in [0.717, 1.165) is 5.56 Å². The summed E-state index contributed by atoms with van der Waals surface area (Å²) in [6.45, 7) is 5.92. The summed E-state index contributed by atoms with van der Waals surface area (Å²) >= 11 is 0. The molecule has 0 aromatic heterocycles. The molecule has 0 saturated carbocycles. The number of carbonyl (C=O) groups is 3. The Morgan fingerprint density at radius 1 is 0.903 bits per heavy atom. The molecule has 0 fully saturated rings. The smallest absolute Gasteiger partial charge is 0.340 e. The van der Waals surface area contributed by atoms with Gasteiger partial charge in [0, 0.05) is 11.4 Å². The highest BCUT2D eigenvalue weighted by atomic mass is 16.5. The zero-order valence-electron chi connectivity index (χ0n) is 18.3. The highest BCUT2D eigenvalue weighted by Gasteiger charge is 2.37. The van der Waals surface area contributed by atoms with E-state index in [-0.39, 0.29) is 17.1 Å². The first kappa shape index (κ1) is 22.0. The summed E-state index contributed by atoms with van der Waals surface area (Å²) in [5.74, 6) is -0.987. The normalized spacial score (nSPS) is 15.1. The molecule has 0 atom stereocenters. The van der Waals surface area contributed by atoms with Gasteiger partial charge in [0.2, 0.25) is 0 Å². The Bertz CT molecular complexity index is 1080. The number of rotatable bonds is 5. The summed E-state index contributed by atoms with van der Waals surface area (Å²) in [6, 6.07) is 14.3. The molecule has 1 heterocycles. The van der Waals surface area contributed by atoms with Gasteiger partial charge in [-0.3, -0.25) is 9.69 Å². The lowest BCUT2D eigenvalue weighted by Gasteiger charge is -2.18. The molecule has 0 unspecified atom stereocenters. The minimum Gasteiger partial charge on any atom is -0.465 e. The van der Waals surface area contributed by atoms with Crippen LogP contribution in [0.2, 0.25) is 0 Å². The molecule has 0 saturated heterocycles. The summed E-state index contributed by atoms with van der Waals surface area (Å²) in [6.07, 6.45) is 1.70. The van der Waals surface area contributed by atoms with E-state index in [9.17, 15) is 14.4 Å². The maximum atomic E-state index is 13.3. The molecular formula is C25H25NO5. The number of hydrogen-bond donors (Lipinski definition) is 0. The average Bonchev–Trinajstić information content (AvgIpc) is 3.02. The van der Waals surface area contributed by atoms with Crippen molar-refractivity contribution in [3.8, 4) is 0 Å².